The zero-order valence-electron chi connectivity index (χ0n) is 19.0. The average Bonchev–Trinajstić information content (AvgIpc) is 3.23. The van der Waals surface area contributed by atoms with E-state index in [-0.39, 0.29) is 0 Å². The van der Waals surface area contributed by atoms with Crippen molar-refractivity contribution in [2.45, 2.75) is 18.8 Å². The monoisotopic (exact) mass is 426 g/mol. The zero-order valence-corrected chi connectivity index (χ0v) is 19.0. The van der Waals surface area contributed by atoms with Crippen molar-refractivity contribution in [3.63, 3.8) is 0 Å². The van der Waals surface area contributed by atoms with Crippen LogP contribution < -0.4 is 10.2 Å². The normalized spacial score (nSPS) is 15.2. The van der Waals surface area contributed by atoms with Gasteiger partial charge >= 0.3 is 0 Å². The Hall–Kier alpha value is -3.38. The second-order valence-corrected chi connectivity index (χ2v) is 8.91. The number of aromatic nitrogens is 3. The van der Waals surface area contributed by atoms with Crippen LogP contribution in [-0.4, -0.2) is 53.7 Å². The summed E-state index contributed by atoms with van der Waals surface area (Å²) in [5, 5.41) is 8.15. The van der Waals surface area contributed by atoms with E-state index in [2.05, 4.69) is 102 Å². The molecule has 0 unspecified atom stereocenters. The molecule has 0 spiro atoms. The summed E-state index contributed by atoms with van der Waals surface area (Å²) in [6.07, 6.45) is 4.32. The van der Waals surface area contributed by atoms with E-state index >= 15 is 0 Å². The number of nitrogens with one attached hydrogen (secondary N) is 1. The number of nitrogens with zero attached hydrogens (tertiary/aromatic N) is 5. The topological polar surface area (TPSA) is 48.7 Å². The number of hydrogen-bond donors (Lipinski definition) is 1. The van der Waals surface area contributed by atoms with Crippen LogP contribution in [0.25, 0.3) is 16.8 Å². The first-order chi connectivity index (χ1) is 15.6. The fourth-order valence-electron chi connectivity index (χ4n) is 4.43. The first-order valence-electron chi connectivity index (χ1n) is 11.2. The molecule has 0 amide bonds. The minimum absolute atomic E-state index is 0.589. The Bertz CT molecular complexity index is 1200. The maximum absolute atomic E-state index is 4.78. The molecule has 0 radical (unpaired) electrons. The minimum Gasteiger partial charge on any atom is -0.378 e. The number of rotatable bonds is 5. The van der Waals surface area contributed by atoms with Crippen molar-refractivity contribution in [1.82, 2.24) is 19.5 Å². The first-order valence-corrected chi connectivity index (χ1v) is 11.2. The molecule has 1 aliphatic heterocycles. The van der Waals surface area contributed by atoms with Crippen molar-refractivity contribution >= 4 is 22.8 Å². The van der Waals surface area contributed by atoms with Crippen molar-refractivity contribution < 1.29 is 0 Å². The Morgan fingerprint density at radius 2 is 1.75 bits per heavy atom. The van der Waals surface area contributed by atoms with Crippen molar-refractivity contribution in [2.75, 3.05) is 44.4 Å². The van der Waals surface area contributed by atoms with Crippen molar-refractivity contribution in [2.24, 2.45) is 0 Å². The van der Waals surface area contributed by atoms with E-state index in [1.165, 1.54) is 31.5 Å². The van der Waals surface area contributed by atoms with Crippen LogP contribution in [0.4, 0.5) is 17.3 Å². The number of fused-ring (bicyclic) bond motifs is 1. The third kappa shape index (κ3) is 4.18. The highest BCUT2D eigenvalue weighted by atomic mass is 15.3. The molecule has 1 N–H and O–H groups in total. The van der Waals surface area contributed by atoms with Gasteiger partial charge in [-0.3, -0.25) is 0 Å². The lowest BCUT2D eigenvalue weighted by atomic mass is 9.89. The fraction of sp³-hybridized carbons (Fsp3) is 0.308. The number of likely N-dealkylation sites (tertiary alicyclic amines) is 1. The molecular formula is C26H30N6. The summed E-state index contributed by atoms with van der Waals surface area (Å²) in [5.41, 5.74) is 6.74. The minimum atomic E-state index is 0.589. The number of benzene rings is 2. The van der Waals surface area contributed by atoms with Crippen LogP contribution in [0.5, 0.6) is 0 Å². The van der Waals surface area contributed by atoms with Crippen LogP contribution in [0.3, 0.4) is 0 Å². The fourth-order valence-corrected chi connectivity index (χ4v) is 4.43. The van der Waals surface area contributed by atoms with E-state index in [4.69, 9.17) is 5.10 Å². The van der Waals surface area contributed by atoms with Crippen molar-refractivity contribution in [1.29, 1.82) is 0 Å². The first kappa shape index (κ1) is 20.5. The molecule has 1 fully saturated rings. The molecule has 6 heteroatoms. The van der Waals surface area contributed by atoms with Gasteiger partial charge < -0.3 is 15.1 Å². The van der Waals surface area contributed by atoms with E-state index in [9.17, 15) is 0 Å². The van der Waals surface area contributed by atoms with Gasteiger partial charge in [0.15, 0.2) is 0 Å². The van der Waals surface area contributed by atoms with Gasteiger partial charge in [-0.15, -0.1) is 5.10 Å². The van der Waals surface area contributed by atoms with Crippen LogP contribution in [0.15, 0.2) is 66.9 Å². The molecule has 0 bridgehead atoms. The Kier molecular flexibility index (Phi) is 5.53. The molecule has 1 saturated heterocycles. The Labute approximate surface area is 189 Å². The molecule has 0 saturated carbocycles. The molecule has 2 aromatic carbocycles. The summed E-state index contributed by atoms with van der Waals surface area (Å²) in [4.78, 5) is 9.04. The lowest BCUT2D eigenvalue weighted by molar-refractivity contribution is 0.255. The zero-order chi connectivity index (χ0) is 22.1. The molecule has 32 heavy (non-hydrogen) atoms. The number of piperidine rings is 1. The molecule has 164 valence electrons. The Balaban J connectivity index is 1.37. The van der Waals surface area contributed by atoms with Gasteiger partial charge in [-0.2, -0.15) is 0 Å². The van der Waals surface area contributed by atoms with Crippen LogP contribution >= 0.6 is 0 Å². The maximum Gasteiger partial charge on any atom is 0.245 e. The summed E-state index contributed by atoms with van der Waals surface area (Å²) in [7, 11) is 6.31. The van der Waals surface area contributed by atoms with Gasteiger partial charge in [-0.1, -0.05) is 24.3 Å². The van der Waals surface area contributed by atoms with Gasteiger partial charge in [0.2, 0.25) is 5.95 Å². The van der Waals surface area contributed by atoms with E-state index in [0.29, 0.717) is 11.9 Å². The SMILES string of the molecule is CN1CCC(c2ccc(Nc3ncc4ccc(-c5cccc(N(C)C)c5)n4n3)cc2)CC1. The highest BCUT2D eigenvalue weighted by molar-refractivity contribution is 5.70. The summed E-state index contributed by atoms with van der Waals surface area (Å²) < 4.78 is 1.96. The second kappa shape index (κ2) is 8.63. The van der Waals surface area contributed by atoms with Crippen LogP contribution in [0.2, 0.25) is 0 Å². The quantitative estimate of drug-likeness (QED) is 0.486. The predicted molar refractivity (Wildman–Crippen MR) is 132 cm³/mol. The van der Waals surface area contributed by atoms with Crippen molar-refractivity contribution in [3.8, 4) is 11.3 Å². The van der Waals surface area contributed by atoms with E-state index in [1.54, 1.807) is 0 Å². The van der Waals surface area contributed by atoms with Gasteiger partial charge in [0.1, 0.15) is 0 Å². The van der Waals surface area contributed by atoms with Gasteiger partial charge in [0, 0.05) is 31.0 Å². The van der Waals surface area contributed by atoms with Crippen molar-refractivity contribution in [3.05, 3.63) is 72.4 Å². The summed E-state index contributed by atoms with van der Waals surface area (Å²) in [6, 6.07) is 21.4. The summed E-state index contributed by atoms with van der Waals surface area (Å²) >= 11 is 0. The summed E-state index contributed by atoms with van der Waals surface area (Å²) in [5.74, 6) is 1.25. The van der Waals surface area contributed by atoms with Gasteiger partial charge in [0.05, 0.1) is 17.4 Å². The summed E-state index contributed by atoms with van der Waals surface area (Å²) in [6.45, 7) is 2.35. The molecule has 5 rings (SSSR count). The Morgan fingerprint density at radius 3 is 2.50 bits per heavy atom. The standard InChI is InChI=1S/C26H30N6/c1-30(2)23-6-4-5-21(17-23)25-12-11-24-18-27-26(29-32(24)25)28-22-9-7-19(8-10-22)20-13-15-31(3)16-14-20/h4-12,17-18,20H,13-16H2,1-3H3,(H,28,29). The van der Waals surface area contributed by atoms with Crippen LogP contribution in [0, 0.1) is 0 Å². The lowest BCUT2D eigenvalue weighted by Crippen LogP contribution is -2.29. The molecule has 3 heterocycles. The molecule has 1 aliphatic rings. The van der Waals surface area contributed by atoms with Gasteiger partial charge in [0.25, 0.3) is 0 Å². The van der Waals surface area contributed by atoms with Gasteiger partial charge in [-0.25, -0.2) is 9.50 Å². The lowest BCUT2D eigenvalue weighted by Gasteiger charge is -2.29. The molecule has 0 atom stereocenters. The molecule has 4 aromatic rings. The second-order valence-electron chi connectivity index (χ2n) is 8.91. The van der Waals surface area contributed by atoms with Gasteiger partial charge in [-0.05, 0) is 80.9 Å². The average molecular weight is 427 g/mol. The Morgan fingerprint density at radius 1 is 0.969 bits per heavy atom. The maximum atomic E-state index is 4.78. The molecule has 6 nitrogen and oxygen atoms in total. The molecule has 0 aliphatic carbocycles. The van der Waals surface area contributed by atoms with Crippen LogP contribution in [-0.2, 0) is 0 Å². The third-order valence-electron chi connectivity index (χ3n) is 6.41. The third-order valence-corrected chi connectivity index (χ3v) is 6.41. The highest BCUT2D eigenvalue weighted by Gasteiger charge is 2.18. The van der Waals surface area contributed by atoms with E-state index in [1.807, 2.05) is 10.7 Å². The number of hydrogen-bond acceptors (Lipinski definition) is 5. The molecular weight excluding hydrogens is 396 g/mol. The van der Waals surface area contributed by atoms with E-state index in [0.717, 1.165) is 28.1 Å². The number of anilines is 3. The smallest absolute Gasteiger partial charge is 0.245 e. The molecule has 2 aromatic heterocycles. The van der Waals surface area contributed by atoms with Crippen LogP contribution in [0.1, 0.15) is 24.3 Å². The predicted octanol–water partition coefficient (Wildman–Crippen LogP) is 5.02. The van der Waals surface area contributed by atoms with E-state index < -0.39 is 0 Å². The largest absolute Gasteiger partial charge is 0.378 e. The highest BCUT2D eigenvalue weighted by Crippen LogP contribution is 2.29.